The van der Waals surface area contributed by atoms with E-state index >= 15 is 0 Å². The van der Waals surface area contributed by atoms with E-state index < -0.39 is 32.8 Å². The van der Waals surface area contributed by atoms with Crippen molar-refractivity contribution in [2.75, 3.05) is 16.8 Å². The maximum absolute atomic E-state index is 11.8. The van der Waals surface area contributed by atoms with Gasteiger partial charge in [0.05, 0.1) is 29.3 Å². The van der Waals surface area contributed by atoms with E-state index in [1.165, 1.54) is 6.33 Å². The van der Waals surface area contributed by atoms with Gasteiger partial charge in [-0.15, -0.1) is 11.6 Å². The second-order valence-corrected chi connectivity index (χ2v) is 7.53. The molecule has 22 heavy (non-hydrogen) atoms. The van der Waals surface area contributed by atoms with E-state index in [0.29, 0.717) is 0 Å². The minimum absolute atomic E-state index is 0.103. The molecule has 2 aromatic heterocycles. The van der Waals surface area contributed by atoms with E-state index in [4.69, 9.17) is 11.6 Å². The Morgan fingerprint density at radius 2 is 2.18 bits per heavy atom. The molecule has 2 atom stereocenters. The summed E-state index contributed by atoms with van der Waals surface area (Å²) in [6.07, 6.45) is 1.30. The summed E-state index contributed by atoms with van der Waals surface area (Å²) in [7, 11) is -3.25. The van der Waals surface area contributed by atoms with Crippen LogP contribution in [0.3, 0.4) is 0 Å². The Kier molecular flexibility index (Phi) is 3.53. The molecule has 0 spiro atoms. The lowest BCUT2D eigenvalue weighted by Crippen LogP contribution is -2.43. The predicted molar refractivity (Wildman–Crippen MR) is 78.7 cm³/mol. The molecule has 12 heteroatoms. The van der Waals surface area contributed by atoms with Gasteiger partial charge in [-0.2, -0.15) is 4.98 Å². The number of carbonyl (C=O) groups excluding carboxylic acids is 1. The number of urea groups is 1. The van der Waals surface area contributed by atoms with Gasteiger partial charge in [-0.3, -0.25) is 15.1 Å². The Labute approximate surface area is 128 Å². The van der Waals surface area contributed by atoms with Gasteiger partial charge in [0.2, 0.25) is 5.95 Å². The van der Waals surface area contributed by atoms with Gasteiger partial charge >= 0.3 is 6.03 Å². The topological polar surface area (TPSA) is 150 Å². The highest BCUT2D eigenvalue weighted by Crippen LogP contribution is 2.18. The summed E-state index contributed by atoms with van der Waals surface area (Å²) in [5.74, 6) is -0.515. The van der Waals surface area contributed by atoms with Crippen LogP contribution in [0.1, 0.15) is 0 Å². The van der Waals surface area contributed by atoms with E-state index in [0.717, 1.165) is 0 Å². The monoisotopic (exact) mass is 346 g/mol. The van der Waals surface area contributed by atoms with Crippen molar-refractivity contribution < 1.29 is 13.2 Å². The molecule has 3 heterocycles. The number of alkyl halides is 1. The summed E-state index contributed by atoms with van der Waals surface area (Å²) in [6.45, 7) is 0. The van der Waals surface area contributed by atoms with E-state index in [-0.39, 0.29) is 28.6 Å². The number of aromatic nitrogens is 4. The van der Waals surface area contributed by atoms with Crippen molar-refractivity contribution in [2.24, 2.45) is 0 Å². The SMILES string of the molecule is O=C(Nc1nc2nc[nH]c2c(=O)[nH]1)N[C@H]1CS(=O)(=O)C[C@H]1Cl. The molecule has 0 bridgehead atoms. The van der Waals surface area contributed by atoms with Gasteiger partial charge in [-0.1, -0.05) is 0 Å². The quantitative estimate of drug-likeness (QED) is 0.521. The number of sulfone groups is 1. The van der Waals surface area contributed by atoms with Gasteiger partial charge in [0.1, 0.15) is 0 Å². The van der Waals surface area contributed by atoms with Crippen molar-refractivity contribution >= 4 is 44.6 Å². The van der Waals surface area contributed by atoms with Crippen LogP contribution in [0.4, 0.5) is 10.7 Å². The van der Waals surface area contributed by atoms with Crippen LogP contribution in [0.5, 0.6) is 0 Å². The molecule has 3 rings (SSSR count). The second kappa shape index (κ2) is 5.25. The molecule has 1 saturated heterocycles. The maximum atomic E-state index is 11.8. The number of halogens is 1. The summed E-state index contributed by atoms with van der Waals surface area (Å²) in [5, 5.41) is 4.06. The molecule has 2 aromatic rings. The van der Waals surface area contributed by atoms with Gasteiger partial charge < -0.3 is 10.3 Å². The van der Waals surface area contributed by atoms with Crippen LogP contribution >= 0.6 is 11.6 Å². The third-order valence-corrected chi connectivity index (χ3v) is 5.50. The van der Waals surface area contributed by atoms with E-state index in [2.05, 4.69) is 30.6 Å². The number of aromatic amines is 2. The van der Waals surface area contributed by atoms with Crippen molar-refractivity contribution in [1.29, 1.82) is 0 Å². The number of H-pyrrole nitrogens is 2. The molecule has 0 unspecified atom stereocenters. The molecule has 1 aliphatic heterocycles. The Morgan fingerprint density at radius 1 is 1.41 bits per heavy atom. The summed E-state index contributed by atoms with van der Waals surface area (Å²) < 4.78 is 22.8. The van der Waals surface area contributed by atoms with E-state index in [1.54, 1.807) is 0 Å². The normalized spacial score (nSPS) is 23.5. The zero-order chi connectivity index (χ0) is 15.9. The number of carbonyl (C=O) groups is 1. The minimum atomic E-state index is -3.25. The maximum Gasteiger partial charge on any atom is 0.321 e. The Morgan fingerprint density at radius 3 is 2.86 bits per heavy atom. The summed E-state index contributed by atoms with van der Waals surface area (Å²) in [5.41, 5.74) is -0.150. The van der Waals surface area contributed by atoms with Crippen LogP contribution in [0, 0.1) is 0 Å². The predicted octanol–water partition coefficient (Wildman–Crippen LogP) is -0.828. The van der Waals surface area contributed by atoms with Crippen molar-refractivity contribution in [3.8, 4) is 0 Å². The molecule has 118 valence electrons. The highest BCUT2D eigenvalue weighted by Gasteiger charge is 2.37. The zero-order valence-electron chi connectivity index (χ0n) is 11.0. The summed E-state index contributed by atoms with van der Waals surface area (Å²) in [4.78, 5) is 36.3. The molecule has 0 aliphatic carbocycles. The van der Waals surface area contributed by atoms with Crippen LogP contribution in [0.25, 0.3) is 11.2 Å². The van der Waals surface area contributed by atoms with Crippen molar-refractivity contribution in [3.05, 3.63) is 16.7 Å². The fourth-order valence-electron chi connectivity index (χ4n) is 2.15. The van der Waals surface area contributed by atoms with Gasteiger partial charge in [0.25, 0.3) is 5.56 Å². The minimum Gasteiger partial charge on any atom is -0.339 e. The number of nitrogens with one attached hydrogen (secondary N) is 4. The smallest absolute Gasteiger partial charge is 0.321 e. The highest BCUT2D eigenvalue weighted by molar-refractivity contribution is 7.91. The standard InChI is InChI=1S/C10H11ClN6O4S/c11-4-1-22(20,21)2-5(4)14-10(19)17-9-15-7-6(8(18)16-9)12-3-13-7/h3-5H,1-2H2,(H4,12,13,14,15,16,17,18,19)/t4-,5+/m1/s1. The summed E-state index contributed by atoms with van der Waals surface area (Å²) in [6, 6.07) is -1.42. The van der Waals surface area contributed by atoms with Gasteiger partial charge in [-0.05, 0) is 0 Å². The van der Waals surface area contributed by atoms with Crippen LogP contribution < -0.4 is 16.2 Å². The van der Waals surface area contributed by atoms with Crippen LogP contribution in [-0.2, 0) is 9.84 Å². The summed E-state index contributed by atoms with van der Waals surface area (Å²) >= 11 is 5.89. The number of hydrogen-bond acceptors (Lipinski definition) is 6. The van der Waals surface area contributed by atoms with Gasteiger partial charge in [-0.25, -0.2) is 18.2 Å². The Hall–Kier alpha value is -2.14. The zero-order valence-corrected chi connectivity index (χ0v) is 12.5. The first-order valence-electron chi connectivity index (χ1n) is 6.19. The highest BCUT2D eigenvalue weighted by atomic mass is 35.5. The van der Waals surface area contributed by atoms with E-state index in [9.17, 15) is 18.0 Å². The van der Waals surface area contributed by atoms with Crippen LogP contribution in [0.15, 0.2) is 11.1 Å². The van der Waals surface area contributed by atoms with E-state index in [1.807, 2.05) is 0 Å². The molecule has 2 amide bonds. The molecular weight excluding hydrogens is 336 g/mol. The fraction of sp³-hybridized carbons (Fsp3) is 0.400. The van der Waals surface area contributed by atoms with Crippen LogP contribution in [-0.4, -0.2) is 57.3 Å². The number of amides is 2. The molecule has 0 saturated carbocycles. The van der Waals surface area contributed by atoms with Crippen molar-refractivity contribution in [2.45, 2.75) is 11.4 Å². The molecular formula is C10H11ClN6O4S. The Bertz CT molecular complexity index is 890. The Balaban J connectivity index is 1.72. The molecule has 10 nitrogen and oxygen atoms in total. The first-order valence-corrected chi connectivity index (χ1v) is 8.45. The molecule has 0 radical (unpaired) electrons. The molecule has 1 fully saturated rings. The van der Waals surface area contributed by atoms with Gasteiger partial charge in [0.15, 0.2) is 21.0 Å². The number of anilines is 1. The fourth-order valence-corrected chi connectivity index (χ4v) is 4.70. The van der Waals surface area contributed by atoms with Crippen LogP contribution in [0.2, 0.25) is 0 Å². The third-order valence-electron chi connectivity index (χ3n) is 3.13. The van der Waals surface area contributed by atoms with Crippen molar-refractivity contribution in [1.82, 2.24) is 25.3 Å². The first kappa shape index (κ1) is 14.8. The molecule has 0 aromatic carbocycles. The first-order chi connectivity index (χ1) is 10.3. The third kappa shape index (κ3) is 2.90. The average molecular weight is 347 g/mol. The second-order valence-electron chi connectivity index (χ2n) is 4.81. The lowest BCUT2D eigenvalue weighted by molar-refractivity contribution is 0.249. The molecule has 4 N–H and O–H groups in total. The molecule has 1 aliphatic rings. The number of fused-ring (bicyclic) bond motifs is 1. The van der Waals surface area contributed by atoms with Gasteiger partial charge in [0, 0.05) is 0 Å². The lowest BCUT2D eigenvalue weighted by atomic mass is 10.2. The number of hydrogen-bond donors (Lipinski definition) is 4. The number of imidazole rings is 1. The average Bonchev–Trinajstić information content (AvgIpc) is 2.94. The number of nitrogens with zero attached hydrogens (tertiary/aromatic N) is 2. The van der Waals surface area contributed by atoms with Crippen molar-refractivity contribution in [3.63, 3.8) is 0 Å². The lowest BCUT2D eigenvalue weighted by Gasteiger charge is -2.14. The number of rotatable bonds is 2. The largest absolute Gasteiger partial charge is 0.339 e.